The Balaban J connectivity index is 1.51. The molecule has 0 aliphatic heterocycles. The lowest BCUT2D eigenvalue weighted by Crippen LogP contribution is -2.43. The predicted molar refractivity (Wildman–Crippen MR) is 124 cm³/mol. The van der Waals surface area contributed by atoms with Crippen LogP contribution in [0, 0.1) is 0 Å². The fourth-order valence-corrected chi connectivity index (χ4v) is 4.38. The maximum atomic E-state index is 13.1. The molecule has 0 spiro atoms. The summed E-state index contributed by atoms with van der Waals surface area (Å²) in [5.41, 5.74) is -2.66. The smallest absolute Gasteiger partial charge is 0.445 e. The summed E-state index contributed by atoms with van der Waals surface area (Å²) in [7, 11) is -5.81. The number of carbonyl (C=O) groups excluding carboxylic acids is 1. The van der Waals surface area contributed by atoms with Crippen LogP contribution in [0.25, 0.3) is 0 Å². The lowest BCUT2D eigenvalue weighted by atomic mass is 9.90. The summed E-state index contributed by atoms with van der Waals surface area (Å²) in [6.45, 7) is 0.428. The average Bonchev–Trinajstić information content (AvgIpc) is 2.86. The first kappa shape index (κ1) is 25.5. The molecule has 1 aliphatic carbocycles. The summed E-state index contributed by atoms with van der Waals surface area (Å²) in [4.78, 5) is 18.7. The molecule has 0 N–H and O–H groups in total. The van der Waals surface area contributed by atoms with Gasteiger partial charge in [-0.2, -0.15) is 21.6 Å². The molecule has 1 heterocycles. The SMILES string of the molecule is O=C(OCc1ccccc1)N(Cc1ccccc1)[C@H]1CCc2nc(OS(=O)(=O)C(F)(F)F)ccc2C1. The number of amides is 1. The molecule has 0 bridgehead atoms. The minimum Gasteiger partial charge on any atom is -0.445 e. The minimum atomic E-state index is -5.81. The Bertz CT molecular complexity index is 1300. The van der Waals surface area contributed by atoms with Gasteiger partial charge in [0.1, 0.15) is 6.61 Å². The van der Waals surface area contributed by atoms with Crippen LogP contribution in [0.5, 0.6) is 5.88 Å². The molecule has 36 heavy (non-hydrogen) atoms. The zero-order valence-electron chi connectivity index (χ0n) is 19.0. The van der Waals surface area contributed by atoms with E-state index >= 15 is 0 Å². The highest BCUT2D eigenvalue weighted by Gasteiger charge is 2.49. The Kier molecular flexibility index (Phi) is 7.48. The molecule has 0 saturated carbocycles. The van der Waals surface area contributed by atoms with Gasteiger partial charge < -0.3 is 13.8 Å². The minimum absolute atomic E-state index is 0.115. The van der Waals surface area contributed by atoms with E-state index in [2.05, 4.69) is 9.17 Å². The summed E-state index contributed by atoms with van der Waals surface area (Å²) < 4.78 is 70.2. The Morgan fingerprint density at radius 1 is 0.972 bits per heavy atom. The van der Waals surface area contributed by atoms with Gasteiger partial charge in [-0.25, -0.2) is 9.78 Å². The fraction of sp³-hybridized carbons (Fsp3) is 0.280. The maximum absolute atomic E-state index is 13.1. The van der Waals surface area contributed by atoms with Crippen LogP contribution in [0.3, 0.4) is 0 Å². The fourth-order valence-electron chi connectivity index (χ4n) is 3.97. The van der Waals surface area contributed by atoms with E-state index < -0.39 is 27.6 Å². The molecule has 1 amide bonds. The number of pyridine rings is 1. The summed E-state index contributed by atoms with van der Waals surface area (Å²) in [6, 6.07) is 21.0. The third-order valence-electron chi connectivity index (χ3n) is 5.77. The average molecular weight is 521 g/mol. The van der Waals surface area contributed by atoms with Crippen LogP contribution in [0.15, 0.2) is 72.8 Å². The van der Waals surface area contributed by atoms with Crippen molar-refractivity contribution in [3.8, 4) is 5.88 Å². The molecule has 2 aromatic carbocycles. The number of ether oxygens (including phenoxy) is 1. The van der Waals surface area contributed by atoms with Crippen molar-refractivity contribution < 1.29 is 35.3 Å². The van der Waals surface area contributed by atoms with Crippen molar-refractivity contribution in [1.82, 2.24) is 9.88 Å². The Morgan fingerprint density at radius 2 is 1.61 bits per heavy atom. The largest absolute Gasteiger partial charge is 0.534 e. The van der Waals surface area contributed by atoms with E-state index in [0.29, 0.717) is 37.1 Å². The van der Waals surface area contributed by atoms with Gasteiger partial charge in [-0.1, -0.05) is 66.7 Å². The van der Waals surface area contributed by atoms with Crippen LogP contribution in [-0.2, 0) is 40.8 Å². The molecule has 0 fully saturated rings. The number of alkyl halides is 3. The van der Waals surface area contributed by atoms with Crippen LogP contribution in [0.2, 0.25) is 0 Å². The Hall–Kier alpha value is -3.60. The summed E-state index contributed by atoms with van der Waals surface area (Å²) in [6.07, 6.45) is 0.672. The summed E-state index contributed by atoms with van der Waals surface area (Å²) >= 11 is 0. The van der Waals surface area contributed by atoms with E-state index in [0.717, 1.165) is 17.2 Å². The topological polar surface area (TPSA) is 85.8 Å². The number of carbonyl (C=O) groups is 1. The summed E-state index contributed by atoms with van der Waals surface area (Å²) in [5, 5.41) is 0. The van der Waals surface area contributed by atoms with Crippen LogP contribution >= 0.6 is 0 Å². The highest BCUT2D eigenvalue weighted by Crippen LogP contribution is 2.30. The second-order valence-electron chi connectivity index (χ2n) is 8.29. The second-order valence-corrected chi connectivity index (χ2v) is 9.83. The molecule has 7 nitrogen and oxygen atoms in total. The number of nitrogens with zero attached hydrogens (tertiary/aromatic N) is 2. The molecular formula is C25H23F3N2O5S. The molecule has 1 atom stereocenters. The molecule has 3 aromatic rings. The van der Waals surface area contributed by atoms with Gasteiger partial charge in [0.05, 0.1) is 0 Å². The highest BCUT2D eigenvalue weighted by atomic mass is 32.2. The quantitative estimate of drug-likeness (QED) is 0.322. The Morgan fingerprint density at radius 3 is 2.25 bits per heavy atom. The monoisotopic (exact) mass is 520 g/mol. The number of hydrogen-bond donors (Lipinski definition) is 0. The molecule has 11 heteroatoms. The molecule has 190 valence electrons. The lowest BCUT2D eigenvalue weighted by molar-refractivity contribution is -0.0501. The van der Waals surface area contributed by atoms with Gasteiger partial charge in [0.15, 0.2) is 0 Å². The van der Waals surface area contributed by atoms with Gasteiger partial charge in [-0.3, -0.25) is 0 Å². The van der Waals surface area contributed by atoms with Crippen molar-refractivity contribution in [3.63, 3.8) is 0 Å². The van der Waals surface area contributed by atoms with E-state index in [9.17, 15) is 26.4 Å². The van der Waals surface area contributed by atoms with Gasteiger partial charge >= 0.3 is 21.7 Å². The number of aromatic nitrogens is 1. The van der Waals surface area contributed by atoms with Gasteiger partial charge in [-0.05, 0) is 36.0 Å². The van der Waals surface area contributed by atoms with Gasteiger partial charge in [0.2, 0.25) is 5.88 Å². The molecule has 0 radical (unpaired) electrons. The third kappa shape index (κ3) is 6.14. The second kappa shape index (κ2) is 10.6. The van der Waals surface area contributed by atoms with Gasteiger partial charge in [0.25, 0.3) is 0 Å². The molecule has 4 rings (SSSR count). The van der Waals surface area contributed by atoms with Crippen LogP contribution in [-0.4, -0.2) is 35.9 Å². The Labute approximate surface area is 206 Å². The van der Waals surface area contributed by atoms with Crippen LogP contribution < -0.4 is 4.18 Å². The molecule has 0 saturated heterocycles. The maximum Gasteiger partial charge on any atom is 0.534 e. The number of aryl methyl sites for hydroxylation is 1. The van der Waals surface area contributed by atoms with Crippen molar-refractivity contribution in [3.05, 3.63) is 95.2 Å². The standard InChI is InChI=1S/C25H23F3N2O5S/c26-25(27,28)36(32,33)35-23-14-11-20-15-21(12-13-22(20)29-23)30(16-18-7-3-1-4-8-18)24(31)34-17-19-9-5-2-6-10-19/h1-11,14,21H,12-13,15-17H2/t21-/m0/s1. The van der Waals surface area contributed by atoms with E-state index in [1.807, 2.05) is 60.7 Å². The van der Waals surface area contributed by atoms with Crippen molar-refractivity contribution >= 4 is 16.2 Å². The van der Waals surface area contributed by atoms with Gasteiger partial charge in [0, 0.05) is 24.3 Å². The predicted octanol–water partition coefficient (Wildman–Crippen LogP) is 5.01. The number of hydrogen-bond acceptors (Lipinski definition) is 6. The number of halogens is 3. The van der Waals surface area contributed by atoms with Gasteiger partial charge in [-0.15, -0.1) is 0 Å². The molecular weight excluding hydrogens is 497 g/mol. The zero-order chi connectivity index (χ0) is 25.8. The molecule has 0 unspecified atom stereocenters. The van der Waals surface area contributed by atoms with E-state index in [1.54, 1.807) is 4.90 Å². The van der Waals surface area contributed by atoms with Crippen molar-refractivity contribution in [1.29, 1.82) is 0 Å². The van der Waals surface area contributed by atoms with Crippen LogP contribution in [0.1, 0.15) is 28.8 Å². The van der Waals surface area contributed by atoms with Crippen LogP contribution in [0.4, 0.5) is 18.0 Å². The number of fused-ring (bicyclic) bond motifs is 1. The van der Waals surface area contributed by atoms with E-state index in [4.69, 9.17) is 4.74 Å². The number of rotatable bonds is 7. The first-order valence-electron chi connectivity index (χ1n) is 11.1. The van der Waals surface area contributed by atoms with Crippen molar-refractivity contribution in [2.75, 3.05) is 0 Å². The molecule has 1 aliphatic rings. The molecule has 1 aromatic heterocycles. The lowest BCUT2D eigenvalue weighted by Gasteiger charge is -2.34. The van der Waals surface area contributed by atoms with E-state index in [1.165, 1.54) is 6.07 Å². The first-order valence-corrected chi connectivity index (χ1v) is 12.5. The normalized spacial score (nSPS) is 15.6. The summed E-state index contributed by atoms with van der Waals surface area (Å²) in [5.74, 6) is -0.645. The first-order chi connectivity index (χ1) is 17.1. The number of benzene rings is 2. The van der Waals surface area contributed by atoms with Crippen molar-refractivity contribution in [2.45, 2.75) is 44.0 Å². The van der Waals surface area contributed by atoms with E-state index in [-0.39, 0.29) is 12.6 Å². The van der Waals surface area contributed by atoms with Crippen molar-refractivity contribution in [2.24, 2.45) is 0 Å². The third-order valence-corrected chi connectivity index (χ3v) is 6.72. The highest BCUT2D eigenvalue weighted by molar-refractivity contribution is 7.87. The zero-order valence-corrected chi connectivity index (χ0v) is 19.8.